The molecule has 2 N–H and O–H groups in total. The number of anilines is 2. The van der Waals surface area contributed by atoms with Crippen molar-refractivity contribution in [3.8, 4) is 11.3 Å². The third kappa shape index (κ3) is 5.08. The Morgan fingerprint density at radius 1 is 1.15 bits per heavy atom. The third-order valence-corrected chi connectivity index (χ3v) is 5.92. The molecule has 0 fully saturated rings. The molecule has 1 aromatic heterocycles. The van der Waals surface area contributed by atoms with Crippen LogP contribution in [0.3, 0.4) is 0 Å². The number of benzene rings is 2. The van der Waals surface area contributed by atoms with Crippen LogP contribution < -0.4 is 10.6 Å². The number of carbonyl (C=O) groups is 1. The molecule has 0 aliphatic carbocycles. The van der Waals surface area contributed by atoms with Crippen LogP contribution in [0.4, 0.5) is 24.9 Å². The molecule has 0 unspecified atom stereocenters. The monoisotopic (exact) mass is 478 g/mol. The van der Waals surface area contributed by atoms with Gasteiger partial charge in [0.15, 0.2) is 0 Å². The molecule has 2 aromatic carbocycles. The maximum Gasteiger partial charge on any atom is 0.471 e. The number of alkyl halides is 3. The summed E-state index contributed by atoms with van der Waals surface area (Å²) in [5.41, 5.74) is 5.04. The summed E-state index contributed by atoms with van der Waals surface area (Å²) in [6.45, 7) is 0.481. The third-order valence-electron chi connectivity index (χ3n) is 5.61. The van der Waals surface area contributed by atoms with Crippen LogP contribution in [0.2, 0.25) is 5.02 Å². The summed E-state index contributed by atoms with van der Waals surface area (Å²) in [7, 11) is 1.73. The van der Waals surface area contributed by atoms with E-state index in [4.69, 9.17) is 16.0 Å². The molecule has 174 valence electrons. The highest BCUT2D eigenvalue weighted by Crippen LogP contribution is 2.33. The van der Waals surface area contributed by atoms with Gasteiger partial charge in [0, 0.05) is 32.2 Å². The summed E-state index contributed by atoms with van der Waals surface area (Å²) in [5, 5.41) is 6.66. The molecule has 0 atom stereocenters. The van der Waals surface area contributed by atoms with Crippen molar-refractivity contribution in [3.05, 3.63) is 64.4 Å². The lowest BCUT2D eigenvalue weighted by Gasteiger charge is -2.21. The lowest BCUT2D eigenvalue weighted by molar-refractivity contribution is -0.185. The highest BCUT2D eigenvalue weighted by Gasteiger charge is 2.42. The van der Waals surface area contributed by atoms with Crippen molar-refractivity contribution in [2.24, 2.45) is 0 Å². The van der Waals surface area contributed by atoms with Crippen LogP contribution >= 0.6 is 11.6 Å². The molecule has 33 heavy (non-hydrogen) atoms. The summed E-state index contributed by atoms with van der Waals surface area (Å²) in [5.74, 6) is -1.80. The summed E-state index contributed by atoms with van der Waals surface area (Å²) in [4.78, 5) is 16.9. The summed E-state index contributed by atoms with van der Waals surface area (Å²) < 4.78 is 43.9. The Balaban J connectivity index is 1.47. The number of amides is 1. The van der Waals surface area contributed by atoms with E-state index in [2.05, 4.69) is 15.6 Å². The number of fused-ring (bicyclic) bond motifs is 1. The van der Waals surface area contributed by atoms with Crippen LogP contribution in [-0.2, 0) is 24.2 Å². The van der Waals surface area contributed by atoms with E-state index in [1.165, 1.54) is 0 Å². The second-order valence-corrected chi connectivity index (χ2v) is 8.10. The fraction of sp³-hybridized carbons (Fsp3) is 0.304. The SMILES string of the molecule is CNc1nc(-c2ccc(CNc3c(Cl)ccc4c3CCN(C(=O)C(F)(F)F)CC4)cc2)co1. The van der Waals surface area contributed by atoms with E-state index in [0.29, 0.717) is 41.8 Å². The first kappa shape index (κ1) is 23.0. The van der Waals surface area contributed by atoms with Crippen LogP contribution in [0.5, 0.6) is 0 Å². The molecule has 4 rings (SSSR count). The van der Waals surface area contributed by atoms with Gasteiger partial charge in [0.25, 0.3) is 6.01 Å². The highest BCUT2D eigenvalue weighted by molar-refractivity contribution is 6.33. The van der Waals surface area contributed by atoms with Crippen LogP contribution in [0.15, 0.2) is 47.1 Å². The van der Waals surface area contributed by atoms with Gasteiger partial charge in [-0.25, -0.2) is 0 Å². The Morgan fingerprint density at radius 2 is 1.88 bits per heavy atom. The molecule has 0 radical (unpaired) electrons. The lowest BCUT2D eigenvalue weighted by Crippen LogP contribution is -2.42. The molecule has 0 saturated carbocycles. The van der Waals surface area contributed by atoms with Crippen molar-refractivity contribution in [1.29, 1.82) is 0 Å². The van der Waals surface area contributed by atoms with E-state index >= 15 is 0 Å². The fourth-order valence-electron chi connectivity index (χ4n) is 3.87. The normalized spacial score (nSPS) is 13.9. The largest absolute Gasteiger partial charge is 0.471 e. The number of aromatic nitrogens is 1. The second-order valence-electron chi connectivity index (χ2n) is 7.69. The quantitative estimate of drug-likeness (QED) is 0.531. The number of hydrogen-bond acceptors (Lipinski definition) is 5. The Kier molecular flexibility index (Phi) is 6.51. The molecule has 2 heterocycles. The molecule has 0 spiro atoms. The molecular formula is C23H22ClF3N4O2. The van der Waals surface area contributed by atoms with Crippen LogP contribution in [0.25, 0.3) is 11.3 Å². The Bertz CT molecular complexity index is 1150. The molecule has 3 aromatic rings. The van der Waals surface area contributed by atoms with Gasteiger partial charge in [-0.1, -0.05) is 41.9 Å². The smallest absolute Gasteiger partial charge is 0.432 e. The van der Waals surface area contributed by atoms with E-state index in [0.717, 1.165) is 27.2 Å². The molecular weight excluding hydrogens is 457 g/mol. The number of oxazole rings is 1. The minimum absolute atomic E-state index is 0.0125. The number of carbonyl (C=O) groups excluding carboxylic acids is 1. The predicted molar refractivity (Wildman–Crippen MR) is 120 cm³/mol. The van der Waals surface area contributed by atoms with Gasteiger partial charge in [-0.2, -0.15) is 18.2 Å². The van der Waals surface area contributed by atoms with E-state index in [-0.39, 0.29) is 13.1 Å². The molecule has 0 saturated heterocycles. The minimum Gasteiger partial charge on any atom is -0.432 e. The Labute approximate surface area is 193 Å². The topological polar surface area (TPSA) is 70.4 Å². The zero-order valence-corrected chi connectivity index (χ0v) is 18.6. The van der Waals surface area contributed by atoms with Crippen LogP contribution in [-0.4, -0.2) is 42.1 Å². The van der Waals surface area contributed by atoms with Gasteiger partial charge < -0.3 is 20.0 Å². The van der Waals surface area contributed by atoms with Crippen molar-refractivity contribution < 1.29 is 22.4 Å². The van der Waals surface area contributed by atoms with Gasteiger partial charge in [0.1, 0.15) is 12.0 Å². The molecule has 1 aliphatic rings. The molecule has 10 heteroatoms. The summed E-state index contributed by atoms with van der Waals surface area (Å²) in [6, 6.07) is 11.8. The van der Waals surface area contributed by atoms with Gasteiger partial charge >= 0.3 is 12.1 Å². The van der Waals surface area contributed by atoms with Crippen LogP contribution in [0, 0.1) is 0 Å². The highest BCUT2D eigenvalue weighted by atomic mass is 35.5. The van der Waals surface area contributed by atoms with Crippen molar-refractivity contribution >= 4 is 29.2 Å². The first-order valence-corrected chi connectivity index (χ1v) is 10.8. The van der Waals surface area contributed by atoms with Crippen molar-refractivity contribution in [1.82, 2.24) is 9.88 Å². The average Bonchev–Trinajstić information content (AvgIpc) is 3.18. The van der Waals surface area contributed by atoms with E-state index < -0.39 is 12.1 Å². The van der Waals surface area contributed by atoms with Gasteiger partial charge in [-0.05, 0) is 35.6 Å². The number of rotatable bonds is 5. The average molecular weight is 479 g/mol. The Hall–Kier alpha value is -3.20. The maximum absolute atomic E-state index is 12.9. The number of hydrogen-bond donors (Lipinski definition) is 2. The standard InChI is InChI=1S/C23H22ClF3N4O2/c1-28-22-30-19(13-33-22)16-4-2-14(3-5-16)12-29-20-17-9-11-31(21(32)23(25,26)27)10-8-15(17)6-7-18(20)24/h2-7,13,29H,8-12H2,1H3,(H,28,30). The van der Waals surface area contributed by atoms with Crippen LogP contribution in [0.1, 0.15) is 16.7 Å². The van der Waals surface area contributed by atoms with Gasteiger partial charge in [0.2, 0.25) is 0 Å². The van der Waals surface area contributed by atoms with E-state index in [1.54, 1.807) is 19.4 Å². The minimum atomic E-state index is -4.87. The molecule has 0 bridgehead atoms. The Morgan fingerprint density at radius 3 is 2.55 bits per heavy atom. The number of halogens is 4. The van der Waals surface area contributed by atoms with Crippen molar-refractivity contribution in [3.63, 3.8) is 0 Å². The lowest BCUT2D eigenvalue weighted by atomic mass is 10.0. The molecule has 1 aliphatic heterocycles. The zero-order valence-electron chi connectivity index (χ0n) is 17.8. The second kappa shape index (κ2) is 9.35. The first-order chi connectivity index (χ1) is 15.8. The van der Waals surface area contributed by atoms with Gasteiger partial charge in [-0.3, -0.25) is 4.79 Å². The van der Waals surface area contributed by atoms with Crippen molar-refractivity contribution in [2.45, 2.75) is 25.6 Å². The van der Waals surface area contributed by atoms with E-state index in [1.807, 2.05) is 30.3 Å². The zero-order chi connectivity index (χ0) is 23.6. The molecule has 6 nitrogen and oxygen atoms in total. The fourth-order valence-corrected chi connectivity index (χ4v) is 4.12. The number of nitrogens with zero attached hydrogens (tertiary/aromatic N) is 2. The first-order valence-electron chi connectivity index (χ1n) is 10.4. The summed E-state index contributed by atoms with van der Waals surface area (Å²) in [6.07, 6.45) is -2.67. The molecule has 1 amide bonds. The number of nitrogens with one attached hydrogen (secondary N) is 2. The van der Waals surface area contributed by atoms with Gasteiger partial charge in [-0.15, -0.1) is 0 Å². The van der Waals surface area contributed by atoms with E-state index in [9.17, 15) is 18.0 Å². The maximum atomic E-state index is 12.9. The van der Waals surface area contributed by atoms with Crippen molar-refractivity contribution in [2.75, 3.05) is 30.8 Å². The summed E-state index contributed by atoms with van der Waals surface area (Å²) >= 11 is 6.43. The predicted octanol–water partition coefficient (Wildman–Crippen LogP) is 5.14. The van der Waals surface area contributed by atoms with Gasteiger partial charge in [0.05, 0.1) is 10.7 Å².